The monoisotopic (exact) mass is 374 g/mol. The number of sulfonamides is 1. The first-order chi connectivity index (χ1) is 9.51. The van der Waals surface area contributed by atoms with Gasteiger partial charge in [-0.25, -0.2) is 13.4 Å². The van der Waals surface area contributed by atoms with Crippen molar-refractivity contribution in [1.29, 1.82) is 0 Å². The molecule has 108 valence electrons. The number of aromatic nitrogens is 1. The van der Waals surface area contributed by atoms with E-state index < -0.39 is 10.0 Å². The van der Waals surface area contributed by atoms with E-state index in [0.29, 0.717) is 5.69 Å². The molecule has 4 nitrogen and oxygen atoms in total. The van der Waals surface area contributed by atoms with Crippen molar-refractivity contribution in [1.82, 2.24) is 4.98 Å². The van der Waals surface area contributed by atoms with Crippen molar-refractivity contribution >= 4 is 43.0 Å². The largest absolute Gasteiger partial charge is 0.279 e. The van der Waals surface area contributed by atoms with Gasteiger partial charge >= 0.3 is 0 Å². The molecule has 1 aromatic carbocycles. The molecule has 0 saturated carbocycles. The molecule has 0 atom stereocenters. The second-order valence-electron chi connectivity index (χ2n) is 4.30. The van der Waals surface area contributed by atoms with E-state index in [1.165, 1.54) is 6.20 Å². The maximum Gasteiger partial charge on any atom is 0.273 e. The van der Waals surface area contributed by atoms with E-state index in [0.717, 1.165) is 40.1 Å². The molecule has 1 aromatic heterocycles. The number of nitrogens with one attached hydrogen (secondary N) is 1. The van der Waals surface area contributed by atoms with Crippen LogP contribution in [0.1, 0.15) is 17.0 Å². The predicted molar refractivity (Wildman–Crippen MR) is 86.2 cm³/mol. The molecule has 0 amide bonds. The normalized spacial score (nSPS) is 11.5. The second kappa shape index (κ2) is 6.69. The first-order valence-corrected chi connectivity index (χ1v) is 9.53. The molecule has 0 aliphatic carbocycles. The molecule has 2 rings (SSSR count). The Bertz CT molecular complexity index is 683. The number of nitrogens with zero attached hydrogens (tertiary/aromatic N) is 1. The van der Waals surface area contributed by atoms with Crippen LogP contribution in [-0.2, 0) is 16.4 Å². The van der Waals surface area contributed by atoms with E-state index in [9.17, 15) is 8.42 Å². The predicted octanol–water partition coefficient (Wildman–Crippen LogP) is 3.58. The van der Waals surface area contributed by atoms with Crippen molar-refractivity contribution in [3.63, 3.8) is 0 Å². The Kier molecular flexibility index (Phi) is 5.17. The Balaban J connectivity index is 2.17. The highest BCUT2D eigenvalue weighted by Crippen LogP contribution is 2.22. The van der Waals surface area contributed by atoms with Crippen LogP contribution in [0, 0.1) is 6.92 Å². The summed E-state index contributed by atoms with van der Waals surface area (Å²) in [7, 11) is -3.53. The number of thiazole rings is 1. The molecule has 7 heteroatoms. The molecule has 0 unspecified atom stereocenters. The molecule has 0 bridgehead atoms. The number of hydrogen-bond donors (Lipinski definition) is 1. The van der Waals surface area contributed by atoms with Gasteiger partial charge in [-0.05, 0) is 37.5 Å². The SMILES string of the molecule is Cc1ncc(S(=O)(=O)Nc2cccc(CCCBr)c2)s1. The molecule has 0 fully saturated rings. The van der Waals surface area contributed by atoms with E-state index in [-0.39, 0.29) is 4.21 Å². The number of rotatable bonds is 6. The minimum Gasteiger partial charge on any atom is -0.279 e. The van der Waals surface area contributed by atoms with Crippen LogP contribution in [0.2, 0.25) is 0 Å². The van der Waals surface area contributed by atoms with Gasteiger partial charge in [0.05, 0.1) is 11.2 Å². The summed E-state index contributed by atoms with van der Waals surface area (Å²) in [4.78, 5) is 3.98. The molecule has 0 radical (unpaired) electrons. The van der Waals surface area contributed by atoms with E-state index >= 15 is 0 Å². The van der Waals surface area contributed by atoms with Crippen LogP contribution >= 0.6 is 27.3 Å². The van der Waals surface area contributed by atoms with E-state index in [4.69, 9.17) is 0 Å². The van der Waals surface area contributed by atoms with Gasteiger partial charge in [-0.15, -0.1) is 11.3 Å². The van der Waals surface area contributed by atoms with Gasteiger partial charge in [-0.3, -0.25) is 4.72 Å². The van der Waals surface area contributed by atoms with Crippen LogP contribution in [0.5, 0.6) is 0 Å². The van der Waals surface area contributed by atoms with Crippen molar-refractivity contribution in [2.24, 2.45) is 0 Å². The minimum atomic E-state index is -3.53. The lowest BCUT2D eigenvalue weighted by molar-refractivity contribution is 0.603. The summed E-state index contributed by atoms with van der Waals surface area (Å²) >= 11 is 4.55. The highest BCUT2D eigenvalue weighted by molar-refractivity contribution is 9.09. The summed E-state index contributed by atoms with van der Waals surface area (Å²) in [6, 6.07) is 7.48. The van der Waals surface area contributed by atoms with Crippen LogP contribution in [0.4, 0.5) is 5.69 Å². The van der Waals surface area contributed by atoms with Crippen molar-refractivity contribution in [3.05, 3.63) is 41.0 Å². The molecule has 0 saturated heterocycles. The molecule has 1 N–H and O–H groups in total. The fraction of sp³-hybridized carbons (Fsp3) is 0.308. The molecule has 20 heavy (non-hydrogen) atoms. The number of alkyl halides is 1. The first kappa shape index (κ1) is 15.5. The van der Waals surface area contributed by atoms with E-state index in [1.807, 2.05) is 18.2 Å². The van der Waals surface area contributed by atoms with Gasteiger partial charge in [0.25, 0.3) is 10.0 Å². The van der Waals surface area contributed by atoms with Crippen LogP contribution in [0.25, 0.3) is 0 Å². The zero-order chi connectivity index (χ0) is 14.6. The summed E-state index contributed by atoms with van der Waals surface area (Å²) in [6.45, 7) is 1.78. The zero-order valence-corrected chi connectivity index (χ0v) is 14.2. The molecular weight excluding hydrogens is 360 g/mol. The summed E-state index contributed by atoms with van der Waals surface area (Å²) in [5.41, 5.74) is 1.70. The van der Waals surface area contributed by atoms with Crippen molar-refractivity contribution in [2.45, 2.75) is 24.0 Å². The van der Waals surface area contributed by atoms with Crippen molar-refractivity contribution in [3.8, 4) is 0 Å². The van der Waals surface area contributed by atoms with Gasteiger partial charge < -0.3 is 0 Å². The average molecular weight is 375 g/mol. The number of aryl methyl sites for hydroxylation is 2. The lowest BCUT2D eigenvalue weighted by Crippen LogP contribution is -2.11. The fourth-order valence-electron chi connectivity index (χ4n) is 1.73. The van der Waals surface area contributed by atoms with Gasteiger partial charge in [0, 0.05) is 11.0 Å². The number of anilines is 1. The number of halogens is 1. The third-order valence-electron chi connectivity index (χ3n) is 2.64. The van der Waals surface area contributed by atoms with Crippen LogP contribution in [-0.4, -0.2) is 18.7 Å². The van der Waals surface area contributed by atoms with Crippen LogP contribution < -0.4 is 4.72 Å². The average Bonchev–Trinajstić information content (AvgIpc) is 2.84. The highest BCUT2D eigenvalue weighted by Gasteiger charge is 2.17. The smallest absolute Gasteiger partial charge is 0.273 e. The van der Waals surface area contributed by atoms with E-state index in [1.54, 1.807) is 13.0 Å². The van der Waals surface area contributed by atoms with Gasteiger partial charge in [0.15, 0.2) is 4.21 Å². The number of benzene rings is 1. The molecule has 0 spiro atoms. The van der Waals surface area contributed by atoms with Gasteiger partial charge in [0.1, 0.15) is 0 Å². The standard InChI is InChI=1S/C13H15BrN2O2S2/c1-10-15-9-13(19-10)20(17,18)16-12-6-2-4-11(8-12)5-3-7-14/h2,4,6,8-9,16H,3,5,7H2,1H3. The Morgan fingerprint density at radius 2 is 2.20 bits per heavy atom. The van der Waals surface area contributed by atoms with Crippen LogP contribution in [0.3, 0.4) is 0 Å². The summed E-state index contributed by atoms with van der Waals surface area (Å²) in [6.07, 6.45) is 3.32. The molecule has 0 aliphatic heterocycles. The molecular formula is C13H15BrN2O2S2. The summed E-state index contributed by atoms with van der Waals surface area (Å²) in [5.74, 6) is 0. The number of hydrogen-bond acceptors (Lipinski definition) is 4. The lowest BCUT2D eigenvalue weighted by Gasteiger charge is -2.07. The topological polar surface area (TPSA) is 59.1 Å². The van der Waals surface area contributed by atoms with Crippen LogP contribution in [0.15, 0.2) is 34.7 Å². The van der Waals surface area contributed by atoms with Gasteiger partial charge in [-0.1, -0.05) is 28.1 Å². The lowest BCUT2D eigenvalue weighted by atomic mass is 10.1. The van der Waals surface area contributed by atoms with E-state index in [2.05, 4.69) is 25.6 Å². The molecule has 1 heterocycles. The quantitative estimate of drug-likeness (QED) is 0.786. The maximum atomic E-state index is 12.2. The fourth-order valence-corrected chi connectivity index (χ4v) is 4.17. The van der Waals surface area contributed by atoms with Gasteiger partial charge in [-0.2, -0.15) is 0 Å². The van der Waals surface area contributed by atoms with Crippen molar-refractivity contribution in [2.75, 3.05) is 10.1 Å². The zero-order valence-electron chi connectivity index (χ0n) is 11.0. The molecule has 0 aliphatic rings. The minimum absolute atomic E-state index is 0.237. The summed E-state index contributed by atoms with van der Waals surface area (Å²) < 4.78 is 27.2. The Hall–Kier alpha value is -0.920. The Labute approximate surface area is 131 Å². The van der Waals surface area contributed by atoms with Crippen molar-refractivity contribution < 1.29 is 8.42 Å². The Morgan fingerprint density at radius 3 is 2.85 bits per heavy atom. The third-order valence-corrected chi connectivity index (χ3v) is 5.96. The molecule has 2 aromatic rings. The summed E-state index contributed by atoms with van der Waals surface area (Å²) in [5, 5.41) is 1.67. The Morgan fingerprint density at radius 1 is 1.40 bits per heavy atom. The third kappa shape index (κ3) is 4.04. The van der Waals surface area contributed by atoms with Gasteiger partial charge in [0.2, 0.25) is 0 Å². The second-order valence-corrected chi connectivity index (χ2v) is 8.23. The maximum absolute atomic E-state index is 12.2. The first-order valence-electron chi connectivity index (χ1n) is 6.11. The highest BCUT2D eigenvalue weighted by atomic mass is 79.9.